The molecule has 1 aromatic heterocycles. The minimum atomic E-state index is 0.565. The van der Waals surface area contributed by atoms with Crippen LogP contribution in [0.5, 0.6) is 0 Å². The third-order valence-corrected chi connectivity index (χ3v) is 3.59. The summed E-state index contributed by atoms with van der Waals surface area (Å²) in [5.74, 6) is 0. The van der Waals surface area contributed by atoms with Crippen LogP contribution in [0.1, 0.15) is 16.7 Å². The van der Waals surface area contributed by atoms with Crippen molar-refractivity contribution in [1.82, 2.24) is 10.5 Å². The standard InChI is InChI=1S/C17H18N2O/c20-19-9-8-15-12-18-17-7-6-14(11-16(15)17)10-13-4-2-1-3-5-13/h1-7,11-12,18-20H,8-10H2. The molecule has 0 fully saturated rings. The summed E-state index contributed by atoms with van der Waals surface area (Å²) in [6, 6.07) is 17.0. The first-order valence-corrected chi connectivity index (χ1v) is 6.86. The molecule has 3 heteroatoms. The van der Waals surface area contributed by atoms with Crippen molar-refractivity contribution in [1.29, 1.82) is 0 Å². The van der Waals surface area contributed by atoms with Gasteiger partial charge in [-0.2, -0.15) is 0 Å². The summed E-state index contributed by atoms with van der Waals surface area (Å²) >= 11 is 0. The zero-order chi connectivity index (χ0) is 13.8. The number of aromatic amines is 1. The molecule has 0 aliphatic rings. The fourth-order valence-electron chi connectivity index (χ4n) is 2.56. The topological polar surface area (TPSA) is 48.0 Å². The molecule has 0 spiro atoms. The molecule has 102 valence electrons. The van der Waals surface area contributed by atoms with E-state index in [1.54, 1.807) is 0 Å². The Bertz CT molecular complexity index is 689. The Morgan fingerprint density at radius 1 is 1.00 bits per heavy atom. The number of hydrogen-bond acceptors (Lipinski definition) is 2. The molecule has 0 bridgehead atoms. The zero-order valence-corrected chi connectivity index (χ0v) is 11.3. The molecule has 0 unspecified atom stereocenters. The molecule has 3 N–H and O–H groups in total. The second-order valence-corrected chi connectivity index (χ2v) is 5.01. The molecule has 3 nitrogen and oxygen atoms in total. The molecular formula is C17H18N2O. The highest BCUT2D eigenvalue weighted by molar-refractivity contribution is 5.84. The van der Waals surface area contributed by atoms with E-state index in [9.17, 15) is 0 Å². The van der Waals surface area contributed by atoms with Crippen molar-refractivity contribution in [3.05, 3.63) is 71.4 Å². The second kappa shape index (κ2) is 5.90. The predicted octanol–water partition coefficient (Wildman–Crippen LogP) is 3.28. The van der Waals surface area contributed by atoms with Crippen molar-refractivity contribution in [3.63, 3.8) is 0 Å². The number of hydroxylamine groups is 1. The average Bonchev–Trinajstić information content (AvgIpc) is 2.89. The molecule has 0 saturated heterocycles. The molecule has 0 aliphatic heterocycles. The molecule has 20 heavy (non-hydrogen) atoms. The van der Waals surface area contributed by atoms with Crippen LogP contribution in [-0.4, -0.2) is 16.7 Å². The summed E-state index contributed by atoms with van der Waals surface area (Å²) in [4.78, 5) is 3.28. The summed E-state index contributed by atoms with van der Waals surface area (Å²) in [6.45, 7) is 0.565. The van der Waals surface area contributed by atoms with Gasteiger partial charge in [0.1, 0.15) is 0 Å². The summed E-state index contributed by atoms with van der Waals surface area (Å²) in [6.07, 6.45) is 3.78. The maximum atomic E-state index is 8.73. The Hall–Kier alpha value is -2.10. The van der Waals surface area contributed by atoms with Gasteiger partial charge in [0.25, 0.3) is 0 Å². The van der Waals surface area contributed by atoms with Gasteiger partial charge in [-0.1, -0.05) is 36.4 Å². The van der Waals surface area contributed by atoms with Gasteiger partial charge in [-0.15, -0.1) is 0 Å². The molecular weight excluding hydrogens is 248 g/mol. The fraction of sp³-hybridized carbons (Fsp3) is 0.176. The zero-order valence-electron chi connectivity index (χ0n) is 11.3. The predicted molar refractivity (Wildman–Crippen MR) is 81.0 cm³/mol. The molecule has 2 aromatic carbocycles. The third kappa shape index (κ3) is 2.74. The SMILES string of the molecule is ONCCc1c[nH]c2ccc(Cc3ccccc3)cc12. The minimum absolute atomic E-state index is 0.565. The van der Waals surface area contributed by atoms with Crippen LogP contribution in [0.4, 0.5) is 0 Å². The Morgan fingerprint density at radius 3 is 2.65 bits per heavy atom. The van der Waals surface area contributed by atoms with Crippen molar-refractivity contribution < 1.29 is 5.21 Å². The maximum absolute atomic E-state index is 8.73. The number of fused-ring (bicyclic) bond motifs is 1. The normalized spacial score (nSPS) is 11.1. The number of aromatic nitrogens is 1. The van der Waals surface area contributed by atoms with E-state index in [4.69, 9.17) is 5.21 Å². The first-order chi connectivity index (χ1) is 9.86. The molecule has 3 rings (SSSR count). The highest BCUT2D eigenvalue weighted by Crippen LogP contribution is 2.21. The van der Waals surface area contributed by atoms with E-state index in [-0.39, 0.29) is 0 Å². The van der Waals surface area contributed by atoms with Crippen LogP contribution in [-0.2, 0) is 12.8 Å². The molecule has 0 saturated carbocycles. The largest absolute Gasteiger partial charge is 0.361 e. The molecule has 0 aliphatic carbocycles. The van der Waals surface area contributed by atoms with Gasteiger partial charge in [-0.05, 0) is 41.7 Å². The van der Waals surface area contributed by atoms with E-state index in [1.807, 2.05) is 12.3 Å². The number of rotatable bonds is 5. The van der Waals surface area contributed by atoms with Crippen LogP contribution in [0.15, 0.2) is 54.7 Å². The first kappa shape index (κ1) is 12.9. The van der Waals surface area contributed by atoms with Crippen LogP contribution in [0, 0.1) is 0 Å². The van der Waals surface area contributed by atoms with Gasteiger partial charge < -0.3 is 10.2 Å². The van der Waals surface area contributed by atoms with Crippen LogP contribution in [0.2, 0.25) is 0 Å². The van der Waals surface area contributed by atoms with Gasteiger partial charge in [0.05, 0.1) is 0 Å². The summed E-state index contributed by atoms with van der Waals surface area (Å²) in [5, 5.41) is 9.97. The average molecular weight is 266 g/mol. The first-order valence-electron chi connectivity index (χ1n) is 6.86. The van der Waals surface area contributed by atoms with E-state index >= 15 is 0 Å². The summed E-state index contributed by atoms with van der Waals surface area (Å²) in [7, 11) is 0. The van der Waals surface area contributed by atoms with Crippen molar-refractivity contribution in [2.75, 3.05) is 6.54 Å². The fourth-order valence-corrected chi connectivity index (χ4v) is 2.56. The van der Waals surface area contributed by atoms with E-state index in [1.165, 1.54) is 22.1 Å². The minimum Gasteiger partial charge on any atom is -0.361 e. The molecule has 0 amide bonds. The maximum Gasteiger partial charge on any atom is 0.0456 e. The Kier molecular flexibility index (Phi) is 3.81. The molecule has 3 aromatic rings. The van der Waals surface area contributed by atoms with Gasteiger partial charge in [-0.3, -0.25) is 0 Å². The quantitative estimate of drug-likeness (QED) is 0.621. The Labute approximate surface area is 118 Å². The lowest BCUT2D eigenvalue weighted by Gasteiger charge is -2.04. The second-order valence-electron chi connectivity index (χ2n) is 5.01. The van der Waals surface area contributed by atoms with Gasteiger partial charge in [-0.25, -0.2) is 5.48 Å². The number of nitrogens with one attached hydrogen (secondary N) is 2. The smallest absolute Gasteiger partial charge is 0.0456 e. The Balaban J connectivity index is 1.89. The highest BCUT2D eigenvalue weighted by Gasteiger charge is 2.05. The van der Waals surface area contributed by atoms with E-state index in [0.29, 0.717) is 6.54 Å². The van der Waals surface area contributed by atoms with Crippen molar-refractivity contribution in [3.8, 4) is 0 Å². The molecule has 0 radical (unpaired) electrons. The number of benzene rings is 2. The van der Waals surface area contributed by atoms with Gasteiger partial charge in [0, 0.05) is 23.6 Å². The monoisotopic (exact) mass is 266 g/mol. The molecule has 1 heterocycles. The summed E-state index contributed by atoms with van der Waals surface area (Å²) in [5.41, 5.74) is 7.22. The third-order valence-electron chi connectivity index (χ3n) is 3.59. The van der Waals surface area contributed by atoms with E-state index < -0.39 is 0 Å². The summed E-state index contributed by atoms with van der Waals surface area (Å²) < 4.78 is 0. The van der Waals surface area contributed by atoms with Crippen LogP contribution in [0.25, 0.3) is 10.9 Å². The number of hydrogen-bond donors (Lipinski definition) is 3. The highest BCUT2D eigenvalue weighted by atomic mass is 16.5. The lowest BCUT2D eigenvalue weighted by atomic mass is 10.0. The van der Waals surface area contributed by atoms with Crippen molar-refractivity contribution >= 4 is 10.9 Å². The lowest BCUT2D eigenvalue weighted by molar-refractivity contribution is 0.168. The van der Waals surface area contributed by atoms with Gasteiger partial charge >= 0.3 is 0 Å². The van der Waals surface area contributed by atoms with Crippen LogP contribution >= 0.6 is 0 Å². The van der Waals surface area contributed by atoms with E-state index in [0.717, 1.165) is 18.4 Å². The van der Waals surface area contributed by atoms with Crippen molar-refractivity contribution in [2.24, 2.45) is 0 Å². The van der Waals surface area contributed by atoms with Gasteiger partial charge in [0.2, 0.25) is 0 Å². The van der Waals surface area contributed by atoms with Crippen LogP contribution in [0.3, 0.4) is 0 Å². The number of H-pyrrole nitrogens is 1. The Morgan fingerprint density at radius 2 is 1.85 bits per heavy atom. The lowest BCUT2D eigenvalue weighted by Crippen LogP contribution is -2.10. The van der Waals surface area contributed by atoms with Gasteiger partial charge in [0.15, 0.2) is 0 Å². The van der Waals surface area contributed by atoms with Crippen LogP contribution < -0.4 is 5.48 Å². The van der Waals surface area contributed by atoms with E-state index in [2.05, 4.69) is 52.9 Å². The molecule has 0 atom stereocenters. The van der Waals surface area contributed by atoms with Crippen molar-refractivity contribution in [2.45, 2.75) is 12.8 Å².